The van der Waals surface area contributed by atoms with E-state index in [0.29, 0.717) is 26.2 Å². The van der Waals surface area contributed by atoms with Gasteiger partial charge in [-0.2, -0.15) is 0 Å². The number of hydrogen-bond donors (Lipinski definition) is 0. The summed E-state index contributed by atoms with van der Waals surface area (Å²) in [4.78, 5) is 45.3. The highest BCUT2D eigenvalue weighted by Crippen LogP contribution is 2.38. The third-order valence-corrected chi connectivity index (χ3v) is 8.56. The van der Waals surface area contributed by atoms with E-state index in [-0.39, 0.29) is 41.9 Å². The molecular formula is C31H27ClN2O7S2. The van der Waals surface area contributed by atoms with E-state index in [9.17, 15) is 14.4 Å². The lowest BCUT2D eigenvalue weighted by molar-refractivity contribution is -0.145. The summed E-state index contributed by atoms with van der Waals surface area (Å²) in [6.07, 6.45) is 1.68. The van der Waals surface area contributed by atoms with Gasteiger partial charge in [0, 0.05) is 10.4 Å². The molecule has 222 valence electrons. The van der Waals surface area contributed by atoms with Crippen molar-refractivity contribution >= 4 is 58.0 Å². The van der Waals surface area contributed by atoms with E-state index in [2.05, 4.69) is 0 Å². The van der Waals surface area contributed by atoms with E-state index in [1.807, 2.05) is 47.8 Å². The van der Waals surface area contributed by atoms with Crippen LogP contribution in [0, 0.1) is 0 Å². The van der Waals surface area contributed by atoms with Crippen molar-refractivity contribution < 1.29 is 28.5 Å². The van der Waals surface area contributed by atoms with Gasteiger partial charge in [0.1, 0.15) is 6.04 Å². The molecule has 0 aliphatic carbocycles. The molecule has 2 aromatic heterocycles. The summed E-state index contributed by atoms with van der Waals surface area (Å²) in [6, 6.07) is 15.7. The minimum atomic E-state index is -0.732. The fourth-order valence-corrected chi connectivity index (χ4v) is 6.70. The van der Waals surface area contributed by atoms with Crippen molar-refractivity contribution in [3.63, 3.8) is 0 Å². The standard InChI is InChI=1S/C31H27ClN2O7S2/c1-4-39-24(35)17-41-28-20(32)14-18(15-21(28)38-3)16-23-29(36)34-27(22-12-9-13-42-22)25(30(37)40-5-2)26(33-31(34)43-23)19-10-7-6-8-11-19/h6-16,27H,4-5,17H2,1-3H3/b23-16-/t27-/m1/s1. The van der Waals surface area contributed by atoms with Crippen molar-refractivity contribution in [1.29, 1.82) is 0 Å². The van der Waals surface area contributed by atoms with Crippen molar-refractivity contribution in [1.82, 2.24) is 4.57 Å². The van der Waals surface area contributed by atoms with E-state index >= 15 is 0 Å². The molecule has 0 amide bonds. The number of carbonyl (C=O) groups excluding carboxylic acids is 2. The molecule has 0 radical (unpaired) electrons. The highest BCUT2D eigenvalue weighted by atomic mass is 35.5. The fraction of sp³-hybridized carbons (Fsp3) is 0.226. The average molecular weight is 639 g/mol. The molecule has 1 aliphatic rings. The van der Waals surface area contributed by atoms with Crippen molar-refractivity contribution in [2.45, 2.75) is 19.9 Å². The molecule has 5 rings (SSSR count). The summed E-state index contributed by atoms with van der Waals surface area (Å²) in [5, 5.41) is 2.09. The van der Waals surface area contributed by atoms with E-state index in [1.54, 1.807) is 32.1 Å². The highest BCUT2D eigenvalue weighted by molar-refractivity contribution is 7.10. The third-order valence-electron chi connectivity index (χ3n) is 6.38. The quantitative estimate of drug-likeness (QED) is 0.234. The van der Waals surface area contributed by atoms with Crippen LogP contribution < -0.4 is 24.4 Å². The minimum absolute atomic E-state index is 0.175. The predicted octanol–water partition coefficient (Wildman–Crippen LogP) is 4.60. The van der Waals surface area contributed by atoms with Crippen LogP contribution in [-0.4, -0.2) is 43.4 Å². The van der Waals surface area contributed by atoms with Crippen molar-refractivity contribution in [3.8, 4) is 11.5 Å². The van der Waals surface area contributed by atoms with Crippen LogP contribution in [0.2, 0.25) is 5.02 Å². The van der Waals surface area contributed by atoms with Crippen molar-refractivity contribution in [2.24, 2.45) is 4.99 Å². The first-order valence-electron chi connectivity index (χ1n) is 13.3. The molecule has 3 heterocycles. The van der Waals surface area contributed by atoms with Gasteiger partial charge in [-0.15, -0.1) is 11.3 Å². The number of ether oxygens (including phenoxy) is 4. The summed E-state index contributed by atoms with van der Waals surface area (Å²) < 4.78 is 23.3. The van der Waals surface area contributed by atoms with E-state index in [4.69, 9.17) is 35.5 Å². The molecule has 0 spiro atoms. The molecule has 12 heteroatoms. The zero-order chi connectivity index (χ0) is 30.5. The smallest absolute Gasteiger partial charge is 0.344 e. The average Bonchev–Trinajstić information content (AvgIpc) is 3.64. The number of esters is 2. The lowest BCUT2D eigenvalue weighted by atomic mass is 9.97. The Balaban J connectivity index is 1.66. The first-order chi connectivity index (χ1) is 20.9. The summed E-state index contributed by atoms with van der Waals surface area (Å²) in [5.41, 5.74) is 1.73. The fourth-order valence-electron chi connectivity index (χ4n) is 4.60. The number of halogens is 1. The van der Waals surface area contributed by atoms with Crippen LogP contribution in [-0.2, 0) is 19.1 Å². The number of methoxy groups -OCH3 is 1. The molecule has 0 saturated carbocycles. The van der Waals surface area contributed by atoms with Gasteiger partial charge >= 0.3 is 11.9 Å². The van der Waals surface area contributed by atoms with Crippen LogP contribution in [0.15, 0.2) is 75.3 Å². The lowest BCUT2D eigenvalue weighted by Crippen LogP contribution is -2.39. The Morgan fingerprint density at radius 1 is 1.07 bits per heavy atom. The number of aromatic nitrogens is 1. The normalized spacial score (nSPS) is 14.6. The molecule has 4 aromatic rings. The molecule has 2 aromatic carbocycles. The number of rotatable bonds is 10. The molecular weight excluding hydrogens is 612 g/mol. The van der Waals surface area contributed by atoms with E-state index < -0.39 is 18.0 Å². The number of thiazole rings is 1. The molecule has 0 N–H and O–H groups in total. The zero-order valence-corrected chi connectivity index (χ0v) is 25.9. The van der Waals surface area contributed by atoms with Crippen LogP contribution in [0.3, 0.4) is 0 Å². The first kappa shape index (κ1) is 30.3. The molecule has 0 unspecified atom stereocenters. The Bertz CT molecular complexity index is 1860. The summed E-state index contributed by atoms with van der Waals surface area (Å²) in [7, 11) is 1.45. The molecule has 1 atom stereocenters. The van der Waals surface area contributed by atoms with Gasteiger partial charge in [-0.05, 0) is 49.1 Å². The minimum Gasteiger partial charge on any atom is -0.493 e. The van der Waals surface area contributed by atoms with Gasteiger partial charge in [0.05, 0.1) is 41.1 Å². The molecule has 0 fully saturated rings. The Labute approximate surface area is 259 Å². The largest absolute Gasteiger partial charge is 0.493 e. The Morgan fingerprint density at radius 3 is 2.51 bits per heavy atom. The second-order valence-electron chi connectivity index (χ2n) is 9.07. The van der Waals surface area contributed by atoms with E-state index in [1.165, 1.54) is 34.4 Å². The highest BCUT2D eigenvalue weighted by Gasteiger charge is 2.35. The lowest BCUT2D eigenvalue weighted by Gasteiger charge is -2.24. The summed E-state index contributed by atoms with van der Waals surface area (Å²) in [6.45, 7) is 3.51. The van der Waals surface area contributed by atoms with Crippen LogP contribution in [0.5, 0.6) is 11.5 Å². The van der Waals surface area contributed by atoms with Crippen LogP contribution in [0.25, 0.3) is 11.8 Å². The first-order valence-corrected chi connectivity index (χ1v) is 15.4. The van der Waals surface area contributed by atoms with E-state index in [0.717, 1.165) is 10.4 Å². The van der Waals surface area contributed by atoms with Gasteiger partial charge in [-0.1, -0.05) is 59.3 Å². The molecule has 0 saturated heterocycles. The summed E-state index contributed by atoms with van der Waals surface area (Å²) in [5.74, 6) is -0.612. The zero-order valence-electron chi connectivity index (χ0n) is 23.5. The third kappa shape index (κ3) is 6.29. The second kappa shape index (κ2) is 13.4. The Kier molecular flexibility index (Phi) is 9.44. The van der Waals surface area contributed by atoms with Crippen LogP contribution in [0.4, 0.5) is 0 Å². The van der Waals surface area contributed by atoms with Gasteiger partial charge < -0.3 is 18.9 Å². The van der Waals surface area contributed by atoms with Gasteiger partial charge in [0.2, 0.25) is 0 Å². The predicted molar refractivity (Wildman–Crippen MR) is 166 cm³/mol. The number of nitrogens with zero attached hydrogens (tertiary/aromatic N) is 2. The van der Waals surface area contributed by atoms with Gasteiger partial charge in [0.15, 0.2) is 22.9 Å². The topological polar surface area (TPSA) is 105 Å². The van der Waals surface area contributed by atoms with Crippen LogP contribution in [0.1, 0.15) is 35.9 Å². The van der Waals surface area contributed by atoms with Crippen molar-refractivity contribution in [3.05, 3.63) is 106 Å². The number of hydrogen-bond acceptors (Lipinski definition) is 10. The Hall–Kier alpha value is -4.19. The second-order valence-corrected chi connectivity index (χ2v) is 11.5. The molecule has 0 bridgehead atoms. The number of benzene rings is 2. The van der Waals surface area contributed by atoms with Gasteiger partial charge in [-0.3, -0.25) is 9.36 Å². The molecule has 9 nitrogen and oxygen atoms in total. The van der Waals surface area contributed by atoms with Gasteiger partial charge in [-0.25, -0.2) is 14.6 Å². The maximum absolute atomic E-state index is 14.0. The summed E-state index contributed by atoms with van der Waals surface area (Å²) >= 11 is 9.15. The van der Waals surface area contributed by atoms with Crippen LogP contribution >= 0.6 is 34.3 Å². The van der Waals surface area contributed by atoms with Crippen molar-refractivity contribution in [2.75, 3.05) is 26.9 Å². The SMILES string of the molecule is CCOC(=O)COc1c(Cl)cc(/C=c2\sc3n(c2=O)[C@H](c2cccs2)C(C(=O)OCC)=C(c2ccccc2)N=3)cc1OC. The van der Waals surface area contributed by atoms with Gasteiger partial charge in [0.25, 0.3) is 5.56 Å². The molecule has 43 heavy (non-hydrogen) atoms. The maximum atomic E-state index is 14.0. The molecule has 1 aliphatic heterocycles. The number of thiophene rings is 1. The monoisotopic (exact) mass is 638 g/mol. The Morgan fingerprint density at radius 2 is 1.84 bits per heavy atom. The number of fused-ring (bicyclic) bond motifs is 1. The number of carbonyl (C=O) groups is 2. The maximum Gasteiger partial charge on any atom is 0.344 e.